The summed E-state index contributed by atoms with van der Waals surface area (Å²) >= 11 is 0. The first kappa shape index (κ1) is 12.7. The molecule has 4 heteroatoms. The summed E-state index contributed by atoms with van der Waals surface area (Å²) in [6.07, 6.45) is 0.293. The number of carbonyl (C=O) groups is 2. The van der Waals surface area contributed by atoms with Crippen LogP contribution in [0.1, 0.15) is 12.0 Å². The van der Waals surface area contributed by atoms with E-state index in [9.17, 15) is 9.59 Å². The molecule has 0 aliphatic carbocycles. The lowest BCUT2D eigenvalue weighted by molar-refractivity contribution is -0.126. The van der Waals surface area contributed by atoms with Gasteiger partial charge in [-0.1, -0.05) is 42.5 Å². The Morgan fingerprint density at radius 2 is 2.00 bits per heavy atom. The van der Waals surface area contributed by atoms with Gasteiger partial charge in [0.1, 0.15) is 0 Å². The molecular weight excluding hydrogens is 252 g/mol. The standard InChI is InChI=1S/C16H16N2O2/c19-15-8-13(10-17-15)16(20)18-9-12-6-3-5-11-4-1-2-7-14(11)12/h1-7,13H,8-10H2,(H,17,19)(H,18,20). The third kappa shape index (κ3) is 2.50. The van der Waals surface area contributed by atoms with E-state index in [1.165, 1.54) is 0 Å². The maximum Gasteiger partial charge on any atom is 0.225 e. The van der Waals surface area contributed by atoms with E-state index in [-0.39, 0.29) is 17.7 Å². The number of amides is 2. The SMILES string of the molecule is O=C1CC(C(=O)NCc2cccc3ccccc23)CN1. The molecule has 2 aromatic rings. The number of nitrogens with one attached hydrogen (secondary N) is 2. The summed E-state index contributed by atoms with van der Waals surface area (Å²) in [7, 11) is 0. The second-order valence-electron chi connectivity index (χ2n) is 5.06. The van der Waals surface area contributed by atoms with Gasteiger partial charge >= 0.3 is 0 Å². The van der Waals surface area contributed by atoms with Gasteiger partial charge in [-0.15, -0.1) is 0 Å². The highest BCUT2D eigenvalue weighted by molar-refractivity contribution is 5.90. The molecular formula is C16H16N2O2. The van der Waals surface area contributed by atoms with Gasteiger partial charge in [-0.2, -0.15) is 0 Å². The fourth-order valence-electron chi connectivity index (χ4n) is 2.56. The van der Waals surface area contributed by atoms with Crippen LogP contribution in [0.2, 0.25) is 0 Å². The highest BCUT2D eigenvalue weighted by Gasteiger charge is 2.27. The molecule has 20 heavy (non-hydrogen) atoms. The lowest BCUT2D eigenvalue weighted by Gasteiger charge is -2.11. The lowest BCUT2D eigenvalue weighted by Crippen LogP contribution is -2.31. The molecule has 4 nitrogen and oxygen atoms in total. The zero-order chi connectivity index (χ0) is 13.9. The molecule has 0 radical (unpaired) electrons. The molecule has 1 aliphatic heterocycles. The number of hydrogen-bond donors (Lipinski definition) is 2. The zero-order valence-electron chi connectivity index (χ0n) is 11.1. The summed E-state index contributed by atoms with van der Waals surface area (Å²) < 4.78 is 0. The number of fused-ring (bicyclic) bond motifs is 1. The minimum atomic E-state index is -0.238. The third-order valence-corrected chi connectivity index (χ3v) is 3.68. The second-order valence-corrected chi connectivity index (χ2v) is 5.06. The van der Waals surface area contributed by atoms with Crippen molar-refractivity contribution in [2.75, 3.05) is 6.54 Å². The molecule has 1 aliphatic rings. The monoisotopic (exact) mass is 268 g/mol. The molecule has 2 amide bonds. The van der Waals surface area contributed by atoms with Crippen molar-refractivity contribution in [3.05, 3.63) is 48.0 Å². The quantitative estimate of drug-likeness (QED) is 0.888. The number of rotatable bonds is 3. The van der Waals surface area contributed by atoms with Crippen molar-refractivity contribution in [1.29, 1.82) is 0 Å². The Bertz CT molecular complexity index is 661. The van der Waals surface area contributed by atoms with Gasteiger partial charge in [0.2, 0.25) is 11.8 Å². The Hall–Kier alpha value is -2.36. The van der Waals surface area contributed by atoms with Crippen molar-refractivity contribution in [3.63, 3.8) is 0 Å². The van der Waals surface area contributed by atoms with Crippen LogP contribution in [0.5, 0.6) is 0 Å². The smallest absolute Gasteiger partial charge is 0.225 e. The van der Waals surface area contributed by atoms with Gasteiger partial charge in [0.25, 0.3) is 0 Å². The average Bonchev–Trinajstić information content (AvgIpc) is 2.91. The Kier molecular flexibility index (Phi) is 3.37. The number of hydrogen-bond acceptors (Lipinski definition) is 2. The summed E-state index contributed by atoms with van der Waals surface area (Å²) in [5.74, 6) is -0.343. The van der Waals surface area contributed by atoms with Crippen LogP contribution in [0.4, 0.5) is 0 Å². The minimum absolute atomic E-state index is 0.0460. The van der Waals surface area contributed by atoms with Crippen LogP contribution in [-0.2, 0) is 16.1 Å². The van der Waals surface area contributed by atoms with Gasteiger partial charge in [0, 0.05) is 19.5 Å². The molecule has 2 N–H and O–H groups in total. The number of carbonyl (C=O) groups excluding carboxylic acids is 2. The average molecular weight is 268 g/mol. The first-order chi connectivity index (χ1) is 9.74. The van der Waals surface area contributed by atoms with E-state index in [4.69, 9.17) is 0 Å². The van der Waals surface area contributed by atoms with Crippen molar-refractivity contribution in [1.82, 2.24) is 10.6 Å². The molecule has 0 spiro atoms. The molecule has 102 valence electrons. The summed E-state index contributed by atoms with van der Waals surface area (Å²) in [6.45, 7) is 0.936. The van der Waals surface area contributed by atoms with Crippen molar-refractivity contribution in [3.8, 4) is 0 Å². The molecule has 3 rings (SSSR count). The van der Waals surface area contributed by atoms with E-state index in [1.54, 1.807) is 0 Å². The van der Waals surface area contributed by atoms with Crippen LogP contribution >= 0.6 is 0 Å². The van der Waals surface area contributed by atoms with E-state index in [0.717, 1.165) is 16.3 Å². The maximum atomic E-state index is 12.0. The van der Waals surface area contributed by atoms with Crippen LogP contribution in [-0.4, -0.2) is 18.4 Å². The van der Waals surface area contributed by atoms with E-state index in [2.05, 4.69) is 28.8 Å². The maximum absolute atomic E-state index is 12.0. The van der Waals surface area contributed by atoms with Gasteiger partial charge in [0.05, 0.1) is 5.92 Å². The minimum Gasteiger partial charge on any atom is -0.355 e. The fourth-order valence-corrected chi connectivity index (χ4v) is 2.56. The van der Waals surface area contributed by atoms with Gasteiger partial charge in [0.15, 0.2) is 0 Å². The van der Waals surface area contributed by atoms with Crippen LogP contribution in [0.15, 0.2) is 42.5 Å². The van der Waals surface area contributed by atoms with Crippen LogP contribution < -0.4 is 10.6 Å². The third-order valence-electron chi connectivity index (χ3n) is 3.68. The Morgan fingerprint density at radius 3 is 2.80 bits per heavy atom. The predicted octanol–water partition coefficient (Wildman–Crippen LogP) is 1.59. The molecule has 1 fully saturated rings. The van der Waals surface area contributed by atoms with Crippen molar-refractivity contribution in [2.24, 2.45) is 5.92 Å². The predicted molar refractivity (Wildman–Crippen MR) is 76.9 cm³/mol. The largest absolute Gasteiger partial charge is 0.355 e. The molecule has 0 aromatic heterocycles. The first-order valence-corrected chi connectivity index (χ1v) is 6.75. The highest BCUT2D eigenvalue weighted by atomic mass is 16.2. The van der Waals surface area contributed by atoms with E-state index < -0.39 is 0 Å². The summed E-state index contributed by atoms with van der Waals surface area (Å²) in [5.41, 5.74) is 1.09. The molecule has 0 bridgehead atoms. The van der Waals surface area contributed by atoms with Gasteiger partial charge in [-0.05, 0) is 16.3 Å². The van der Waals surface area contributed by atoms with Crippen molar-refractivity contribution < 1.29 is 9.59 Å². The molecule has 1 saturated heterocycles. The Morgan fingerprint density at radius 1 is 1.20 bits per heavy atom. The molecule has 2 aromatic carbocycles. The van der Waals surface area contributed by atoms with E-state index in [0.29, 0.717) is 19.5 Å². The van der Waals surface area contributed by atoms with Gasteiger partial charge in [-0.25, -0.2) is 0 Å². The van der Waals surface area contributed by atoms with Crippen molar-refractivity contribution in [2.45, 2.75) is 13.0 Å². The summed E-state index contributed by atoms with van der Waals surface area (Å²) in [4.78, 5) is 23.1. The number of benzene rings is 2. The molecule has 1 unspecified atom stereocenters. The molecule has 1 atom stereocenters. The summed E-state index contributed by atoms with van der Waals surface area (Å²) in [6, 6.07) is 14.2. The summed E-state index contributed by atoms with van der Waals surface area (Å²) in [5, 5.41) is 7.91. The Labute approximate surface area is 117 Å². The van der Waals surface area contributed by atoms with E-state index in [1.807, 2.05) is 24.3 Å². The first-order valence-electron chi connectivity index (χ1n) is 6.75. The molecule has 1 heterocycles. The second kappa shape index (κ2) is 5.33. The van der Waals surface area contributed by atoms with Crippen LogP contribution in [0.25, 0.3) is 10.8 Å². The highest BCUT2D eigenvalue weighted by Crippen LogP contribution is 2.18. The van der Waals surface area contributed by atoms with Gasteiger partial charge in [-0.3, -0.25) is 9.59 Å². The molecule has 0 saturated carbocycles. The van der Waals surface area contributed by atoms with Gasteiger partial charge < -0.3 is 10.6 Å². The Balaban J connectivity index is 1.71. The normalized spacial score (nSPS) is 18.0. The fraction of sp³-hybridized carbons (Fsp3) is 0.250. The zero-order valence-corrected chi connectivity index (χ0v) is 11.1. The van der Waals surface area contributed by atoms with Crippen LogP contribution in [0.3, 0.4) is 0 Å². The van der Waals surface area contributed by atoms with Crippen molar-refractivity contribution >= 4 is 22.6 Å². The van der Waals surface area contributed by atoms with E-state index >= 15 is 0 Å². The topological polar surface area (TPSA) is 58.2 Å². The van der Waals surface area contributed by atoms with Crippen LogP contribution in [0, 0.1) is 5.92 Å². The lowest BCUT2D eigenvalue weighted by atomic mass is 10.0.